The number of aryl methyl sites for hydroxylation is 1. The summed E-state index contributed by atoms with van der Waals surface area (Å²) in [6, 6.07) is 6.07. The number of carbonyl (C=O) groups excluding carboxylic acids is 1. The lowest BCUT2D eigenvalue weighted by atomic mass is 10.1. The molecule has 2 heterocycles. The van der Waals surface area contributed by atoms with Crippen LogP contribution in [0.1, 0.15) is 32.8 Å². The van der Waals surface area contributed by atoms with Crippen molar-refractivity contribution in [1.82, 2.24) is 15.3 Å². The zero-order valence-corrected chi connectivity index (χ0v) is 15.7. The van der Waals surface area contributed by atoms with Gasteiger partial charge in [-0.3, -0.25) is 0 Å². The summed E-state index contributed by atoms with van der Waals surface area (Å²) in [7, 11) is 0. The van der Waals surface area contributed by atoms with Gasteiger partial charge in [-0.05, 0) is 63.4 Å². The van der Waals surface area contributed by atoms with E-state index in [0.717, 1.165) is 35.2 Å². The van der Waals surface area contributed by atoms with E-state index in [1.165, 1.54) is 0 Å². The minimum atomic E-state index is -0.503. The lowest BCUT2D eigenvalue weighted by Gasteiger charge is -2.22. The molecule has 1 amide bonds. The predicted octanol–water partition coefficient (Wildman–Crippen LogP) is 3.70. The minimum absolute atomic E-state index is 0.0177. The maximum Gasteiger partial charge on any atom is 0.407 e. The molecule has 0 radical (unpaired) electrons. The number of alkyl carbamates (subject to hydrolysis) is 1. The van der Waals surface area contributed by atoms with E-state index in [0.29, 0.717) is 6.54 Å². The zero-order chi connectivity index (χ0) is 18.2. The van der Waals surface area contributed by atoms with Gasteiger partial charge in [0.05, 0.1) is 11.6 Å². The number of nitrogens with zero attached hydrogens (tertiary/aromatic N) is 3. The second-order valence-corrected chi connectivity index (χ2v) is 7.75. The highest BCUT2D eigenvalue weighted by molar-refractivity contribution is 6.28. The third-order valence-electron chi connectivity index (χ3n) is 4.01. The smallest absolute Gasteiger partial charge is 0.407 e. The Balaban J connectivity index is 1.76. The van der Waals surface area contributed by atoms with Crippen LogP contribution in [0.3, 0.4) is 0 Å². The Hall–Kier alpha value is -2.08. The third kappa shape index (κ3) is 4.31. The Bertz CT molecular complexity index is 798. The summed E-state index contributed by atoms with van der Waals surface area (Å²) >= 11 is 6.11. The Morgan fingerprint density at radius 1 is 1.36 bits per heavy atom. The molecule has 1 aromatic heterocycles. The number of fused-ring (bicyclic) bond motifs is 1. The van der Waals surface area contributed by atoms with Crippen molar-refractivity contribution in [3.05, 3.63) is 29.0 Å². The van der Waals surface area contributed by atoms with E-state index in [9.17, 15) is 4.79 Å². The van der Waals surface area contributed by atoms with Crippen molar-refractivity contribution in [2.24, 2.45) is 0 Å². The molecule has 1 unspecified atom stereocenters. The van der Waals surface area contributed by atoms with Crippen LogP contribution in [0.15, 0.2) is 18.2 Å². The molecule has 0 saturated carbocycles. The Morgan fingerprint density at radius 3 is 2.84 bits per heavy atom. The summed E-state index contributed by atoms with van der Waals surface area (Å²) in [4.78, 5) is 22.8. The van der Waals surface area contributed by atoms with Crippen molar-refractivity contribution in [3.8, 4) is 0 Å². The summed E-state index contributed by atoms with van der Waals surface area (Å²) < 4.78 is 5.33. The first kappa shape index (κ1) is 17.7. The Kier molecular flexibility index (Phi) is 4.73. The van der Waals surface area contributed by atoms with Crippen molar-refractivity contribution in [3.63, 3.8) is 0 Å². The molecule has 25 heavy (non-hydrogen) atoms. The molecule has 134 valence electrons. The second-order valence-electron chi connectivity index (χ2n) is 7.41. The van der Waals surface area contributed by atoms with Crippen LogP contribution in [0, 0.1) is 6.92 Å². The van der Waals surface area contributed by atoms with Crippen LogP contribution in [0.2, 0.25) is 5.28 Å². The summed E-state index contributed by atoms with van der Waals surface area (Å²) in [6.07, 6.45) is 0.439. The van der Waals surface area contributed by atoms with E-state index < -0.39 is 5.60 Å². The van der Waals surface area contributed by atoms with Crippen LogP contribution in [0.4, 0.5) is 10.6 Å². The van der Waals surface area contributed by atoms with E-state index in [1.807, 2.05) is 45.9 Å². The van der Waals surface area contributed by atoms with Gasteiger partial charge in [0.15, 0.2) is 0 Å². The molecule has 3 rings (SSSR count). The molecule has 6 nitrogen and oxygen atoms in total. The van der Waals surface area contributed by atoms with Crippen molar-refractivity contribution in [2.75, 3.05) is 18.0 Å². The number of hydrogen-bond acceptors (Lipinski definition) is 5. The first-order valence-corrected chi connectivity index (χ1v) is 8.77. The van der Waals surface area contributed by atoms with Gasteiger partial charge < -0.3 is 15.0 Å². The number of rotatable bonds is 2. The molecule has 1 saturated heterocycles. The minimum Gasteiger partial charge on any atom is -0.444 e. The van der Waals surface area contributed by atoms with Crippen molar-refractivity contribution >= 4 is 34.4 Å². The van der Waals surface area contributed by atoms with Crippen molar-refractivity contribution in [2.45, 2.75) is 45.8 Å². The van der Waals surface area contributed by atoms with Crippen LogP contribution in [0.5, 0.6) is 0 Å². The SMILES string of the molecule is Cc1ccc2c(N3CCC(NC(=O)OC(C)(C)C)C3)nc(Cl)nc2c1. The fourth-order valence-corrected chi connectivity index (χ4v) is 3.15. The highest BCUT2D eigenvalue weighted by Gasteiger charge is 2.28. The first-order chi connectivity index (χ1) is 11.7. The Morgan fingerprint density at radius 2 is 2.12 bits per heavy atom. The number of aromatic nitrogens is 2. The average Bonchev–Trinajstić information content (AvgIpc) is 2.91. The fourth-order valence-electron chi connectivity index (χ4n) is 2.98. The number of hydrogen-bond donors (Lipinski definition) is 1. The molecule has 1 N–H and O–H groups in total. The number of carbonyl (C=O) groups is 1. The third-order valence-corrected chi connectivity index (χ3v) is 4.18. The molecule has 1 atom stereocenters. The van der Waals surface area contributed by atoms with E-state index in [1.54, 1.807) is 0 Å². The van der Waals surface area contributed by atoms with Gasteiger partial charge >= 0.3 is 6.09 Å². The molecule has 0 spiro atoms. The molecule has 1 aliphatic heterocycles. The van der Waals surface area contributed by atoms with Crippen LogP contribution >= 0.6 is 11.6 Å². The van der Waals surface area contributed by atoms with E-state index in [2.05, 4.69) is 20.2 Å². The van der Waals surface area contributed by atoms with Crippen LogP contribution in [-0.4, -0.2) is 40.8 Å². The van der Waals surface area contributed by atoms with E-state index >= 15 is 0 Å². The number of benzene rings is 1. The molecule has 0 aliphatic carbocycles. The van der Waals surface area contributed by atoms with Crippen molar-refractivity contribution < 1.29 is 9.53 Å². The summed E-state index contributed by atoms with van der Waals surface area (Å²) in [5.41, 5.74) is 1.45. The van der Waals surface area contributed by atoms with Crippen LogP contribution < -0.4 is 10.2 Å². The number of ether oxygens (including phenoxy) is 1. The molecule has 7 heteroatoms. The van der Waals surface area contributed by atoms with Gasteiger partial charge in [0.25, 0.3) is 0 Å². The number of halogens is 1. The van der Waals surface area contributed by atoms with Gasteiger partial charge in [-0.1, -0.05) is 6.07 Å². The molecule has 1 aliphatic rings. The van der Waals surface area contributed by atoms with Gasteiger partial charge in [0.1, 0.15) is 11.4 Å². The molecular formula is C18H23ClN4O2. The first-order valence-electron chi connectivity index (χ1n) is 8.40. The lowest BCUT2D eigenvalue weighted by Crippen LogP contribution is -2.40. The largest absolute Gasteiger partial charge is 0.444 e. The lowest BCUT2D eigenvalue weighted by molar-refractivity contribution is 0.0509. The van der Waals surface area contributed by atoms with Gasteiger partial charge in [-0.25, -0.2) is 9.78 Å². The molecular weight excluding hydrogens is 340 g/mol. The average molecular weight is 363 g/mol. The van der Waals surface area contributed by atoms with Gasteiger partial charge in [0, 0.05) is 18.5 Å². The number of anilines is 1. The monoisotopic (exact) mass is 362 g/mol. The van der Waals surface area contributed by atoms with Gasteiger partial charge in [-0.2, -0.15) is 4.98 Å². The maximum absolute atomic E-state index is 12.0. The van der Waals surface area contributed by atoms with Gasteiger partial charge in [0.2, 0.25) is 5.28 Å². The standard InChI is InChI=1S/C18H23ClN4O2/c1-11-5-6-13-14(9-11)21-16(19)22-15(13)23-8-7-12(10-23)20-17(24)25-18(2,3)4/h5-6,9,12H,7-8,10H2,1-4H3,(H,20,24). The predicted molar refractivity (Wildman–Crippen MR) is 99.3 cm³/mol. The summed E-state index contributed by atoms with van der Waals surface area (Å²) in [5.74, 6) is 0.809. The molecule has 1 aromatic carbocycles. The summed E-state index contributed by atoms with van der Waals surface area (Å²) in [6.45, 7) is 9.03. The highest BCUT2D eigenvalue weighted by Crippen LogP contribution is 2.28. The number of nitrogens with one attached hydrogen (secondary N) is 1. The Labute approximate surface area is 152 Å². The summed E-state index contributed by atoms with van der Waals surface area (Å²) in [5, 5.41) is 4.13. The topological polar surface area (TPSA) is 67.4 Å². The fraction of sp³-hybridized carbons (Fsp3) is 0.500. The molecule has 0 bridgehead atoms. The quantitative estimate of drug-likeness (QED) is 0.825. The van der Waals surface area contributed by atoms with Crippen molar-refractivity contribution in [1.29, 1.82) is 0 Å². The number of amides is 1. The zero-order valence-electron chi connectivity index (χ0n) is 15.0. The maximum atomic E-state index is 12.0. The van der Waals surface area contributed by atoms with Crippen LogP contribution in [0.25, 0.3) is 10.9 Å². The molecule has 2 aromatic rings. The van der Waals surface area contributed by atoms with Crippen LogP contribution in [-0.2, 0) is 4.74 Å². The highest BCUT2D eigenvalue weighted by atomic mass is 35.5. The van der Waals surface area contributed by atoms with E-state index in [-0.39, 0.29) is 17.4 Å². The molecule has 1 fully saturated rings. The normalized spacial score (nSPS) is 17.8. The van der Waals surface area contributed by atoms with E-state index in [4.69, 9.17) is 16.3 Å². The van der Waals surface area contributed by atoms with Gasteiger partial charge in [-0.15, -0.1) is 0 Å². The second kappa shape index (κ2) is 6.67.